The molecule has 0 saturated heterocycles. The number of hydrogen-bond acceptors (Lipinski definition) is 4. The molecule has 0 fully saturated rings. The predicted octanol–water partition coefficient (Wildman–Crippen LogP) is 4.11. The normalized spacial score (nSPS) is 11.7. The summed E-state index contributed by atoms with van der Waals surface area (Å²) in [4.78, 5) is 0. The van der Waals surface area contributed by atoms with Gasteiger partial charge in [-0.25, -0.2) is 0 Å². The van der Waals surface area contributed by atoms with Crippen LogP contribution in [0.1, 0.15) is 6.42 Å². The first-order valence-electron chi connectivity index (χ1n) is 4.96. The topological polar surface area (TPSA) is 63.2 Å². The van der Waals surface area contributed by atoms with E-state index in [0.717, 1.165) is 0 Å². The summed E-state index contributed by atoms with van der Waals surface area (Å²) < 4.78 is 39.0. The van der Waals surface area contributed by atoms with Crippen molar-refractivity contribution in [2.75, 3.05) is 5.01 Å². The predicted molar refractivity (Wildman–Crippen MR) is 68.3 cm³/mol. The van der Waals surface area contributed by atoms with Gasteiger partial charge in [0.1, 0.15) is 11.8 Å². The zero-order chi connectivity index (χ0) is 15.3. The van der Waals surface area contributed by atoms with E-state index in [-0.39, 0.29) is 10.0 Å². The standard InChI is InChI=1S/C11H5Cl2F3N4/c12-8-2-1-3-9(13)10(8)20(11(14,15)16)19-7(6-18)4-5-17/h1-3H,4H2. The molecule has 0 radical (unpaired) electrons. The summed E-state index contributed by atoms with van der Waals surface area (Å²) >= 11 is 11.4. The van der Waals surface area contributed by atoms with Gasteiger partial charge in [0.05, 0.1) is 22.5 Å². The Balaban J connectivity index is 3.44. The SMILES string of the molecule is N#CCC(C#N)=NN(c1c(Cl)cccc1Cl)C(F)(F)F. The minimum absolute atomic E-state index is 0.284. The molecule has 1 rings (SSSR count). The molecule has 0 atom stereocenters. The van der Waals surface area contributed by atoms with Crippen LogP contribution in [0.3, 0.4) is 0 Å². The van der Waals surface area contributed by atoms with Crippen molar-refractivity contribution in [3.05, 3.63) is 28.2 Å². The first-order valence-corrected chi connectivity index (χ1v) is 5.72. The number of hydrazone groups is 1. The zero-order valence-corrected chi connectivity index (χ0v) is 11.1. The van der Waals surface area contributed by atoms with E-state index in [1.165, 1.54) is 24.3 Å². The third kappa shape index (κ3) is 3.77. The van der Waals surface area contributed by atoms with Crippen molar-refractivity contribution in [2.24, 2.45) is 5.10 Å². The van der Waals surface area contributed by atoms with Crippen LogP contribution < -0.4 is 5.01 Å². The van der Waals surface area contributed by atoms with Crippen molar-refractivity contribution < 1.29 is 13.2 Å². The molecule has 0 unspecified atom stereocenters. The summed E-state index contributed by atoms with van der Waals surface area (Å²) in [6.45, 7) is 0. The van der Waals surface area contributed by atoms with Crippen molar-refractivity contribution >= 4 is 34.6 Å². The van der Waals surface area contributed by atoms with Gasteiger partial charge in [-0.15, -0.1) is 13.2 Å². The van der Waals surface area contributed by atoms with E-state index in [9.17, 15) is 13.2 Å². The smallest absolute Gasteiger partial charge is 0.198 e. The number of rotatable bonds is 3. The Hall–Kier alpha value is -1.96. The maximum atomic E-state index is 13.0. The summed E-state index contributed by atoms with van der Waals surface area (Å²) in [5.74, 6) is 0. The van der Waals surface area contributed by atoms with Crippen LogP contribution in [0.4, 0.5) is 18.9 Å². The molecule has 0 heterocycles. The molecule has 1 aromatic carbocycles. The number of benzene rings is 1. The van der Waals surface area contributed by atoms with Crippen molar-refractivity contribution in [2.45, 2.75) is 12.7 Å². The zero-order valence-electron chi connectivity index (χ0n) is 9.62. The molecule has 0 bridgehead atoms. The molecule has 0 saturated carbocycles. The Morgan fingerprint density at radius 3 is 2.20 bits per heavy atom. The number of hydrogen-bond donors (Lipinski definition) is 0. The fourth-order valence-electron chi connectivity index (χ4n) is 1.22. The highest BCUT2D eigenvalue weighted by Crippen LogP contribution is 2.39. The van der Waals surface area contributed by atoms with Gasteiger partial charge in [0.2, 0.25) is 0 Å². The van der Waals surface area contributed by atoms with E-state index in [2.05, 4.69) is 5.10 Å². The molecule has 0 aliphatic heterocycles. The highest BCUT2D eigenvalue weighted by Gasteiger charge is 2.40. The van der Waals surface area contributed by atoms with E-state index < -0.39 is 29.1 Å². The highest BCUT2D eigenvalue weighted by atomic mass is 35.5. The summed E-state index contributed by atoms with van der Waals surface area (Å²) in [6, 6.07) is 6.73. The largest absolute Gasteiger partial charge is 0.505 e. The lowest BCUT2D eigenvalue weighted by Crippen LogP contribution is -2.34. The van der Waals surface area contributed by atoms with E-state index >= 15 is 0 Å². The number of nitriles is 2. The molecule has 0 N–H and O–H groups in total. The van der Waals surface area contributed by atoms with Crippen LogP contribution in [0, 0.1) is 22.7 Å². The number of anilines is 1. The fourth-order valence-corrected chi connectivity index (χ4v) is 1.78. The lowest BCUT2D eigenvalue weighted by atomic mass is 10.3. The molecular formula is C11H5Cl2F3N4. The monoisotopic (exact) mass is 320 g/mol. The molecule has 1 aromatic rings. The van der Waals surface area contributed by atoms with Gasteiger partial charge in [0.15, 0.2) is 5.71 Å². The van der Waals surface area contributed by atoms with Crippen LogP contribution in [0.5, 0.6) is 0 Å². The molecule has 4 nitrogen and oxygen atoms in total. The Labute approximate surface area is 122 Å². The molecule has 0 aliphatic rings. The molecule has 0 amide bonds. The maximum absolute atomic E-state index is 13.0. The second-order valence-electron chi connectivity index (χ2n) is 3.34. The third-order valence-electron chi connectivity index (χ3n) is 1.99. The van der Waals surface area contributed by atoms with E-state index in [4.69, 9.17) is 33.7 Å². The van der Waals surface area contributed by atoms with Crippen molar-refractivity contribution in [3.8, 4) is 12.1 Å². The second kappa shape index (κ2) is 6.47. The Kier molecular flexibility index (Phi) is 5.20. The van der Waals surface area contributed by atoms with Gasteiger partial charge < -0.3 is 0 Å². The molecule has 20 heavy (non-hydrogen) atoms. The summed E-state index contributed by atoms with van der Waals surface area (Å²) in [6.07, 6.45) is -5.52. The van der Waals surface area contributed by atoms with Crippen LogP contribution in [-0.4, -0.2) is 12.0 Å². The van der Waals surface area contributed by atoms with E-state index in [0.29, 0.717) is 0 Å². The van der Waals surface area contributed by atoms with Gasteiger partial charge >= 0.3 is 6.30 Å². The Bertz CT molecular complexity index is 593. The van der Waals surface area contributed by atoms with Gasteiger partial charge in [-0.05, 0) is 12.1 Å². The van der Waals surface area contributed by atoms with Gasteiger partial charge in [-0.3, -0.25) is 0 Å². The van der Waals surface area contributed by atoms with Gasteiger partial charge in [0, 0.05) is 0 Å². The average Bonchev–Trinajstić information content (AvgIpc) is 2.34. The minimum Gasteiger partial charge on any atom is -0.198 e. The van der Waals surface area contributed by atoms with Crippen molar-refractivity contribution in [1.29, 1.82) is 10.5 Å². The van der Waals surface area contributed by atoms with Crippen molar-refractivity contribution in [3.63, 3.8) is 0 Å². The molecule has 9 heteroatoms. The molecular weight excluding hydrogens is 316 g/mol. The molecule has 0 spiro atoms. The van der Waals surface area contributed by atoms with Crippen molar-refractivity contribution in [1.82, 2.24) is 0 Å². The highest BCUT2D eigenvalue weighted by molar-refractivity contribution is 6.39. The first kappa shape index (κ1) is 16.1. The Morgan fingerprint density at radius 2 is 1.80 bits per heavy atom. The molecule has 0 aliphatic carbocycles. The van der Waals surface area contributed by atoms with Crippen LogP contribution in [-0.2, 0) is 0 Å². The van der Waals surface area contributed by atoms with Gasteiger partial charge in [-0.2, -0.15) is 20.6 Å². The van der Waals surface area contributed by atoms with E-state index in [1.54, 1.807) is 6.07 Å². The van der Waals surface area contributed by atoms with Crippen LogP contribution in [0.15, 0.2) is 23.3 Å². The summed E-state index contributed by atoms with van der Waals surface area (Å²) in [5, 5.41) is 19.2. The number of alkyl halides is 3. The summed E-state index contributed by atoms with van der Waals surface area (Å²) in [7, 11) is 0. The number of para-hydroxylation sites is 1. The first-order chi connectivity index (χ1) is 9.31. The third-order valence-corrected chi connectivity index (χ3v) is 2.60. The molecule has 104 valence electrons. The number of nitrogens with zero attached hydrogens (tertiary/aromatic N) is 4. The fraction of sp³-hybridized carbons (Fsp3) is 0.182. The summed E-state index contributed by atoms with van der Waals surface area (Å²) in [5.41, 5.74) is -1.21. The lowest BCUT2D eigenvalue weighted by Gasteiger charge is -2.23. The van der Waals surface area contributed by atoms with Crippen LogP contribution in [0.2, 0.25) is 10.0 Å². The lowest BCUT2D eigenvalue weighted by molar-refractivity contribution is -0.129. The molecule has 0 aromatic heterocycles. The average molecular weight is 321 g/mol. The Morgan fingerprint density at radius 1 is 1.25 bits per heavy atom. The quantitative estimate of drug-likeness (QED) is 0.478. The van der Waals surface area contributed by atoms with Crippen LogP contribution in [0.25, 0.3) is 0 Å². The second-order valence-corrected chi connectivity index (χ2v) is 4.16. The van der Waals surface area contributed by atoms with Gasteiger partial charge in [0.25, 0.3) is 0 Å². The van der Waals surface area contributed by atoms with Gasteiger partial charge in [-0.1, -0.05) is 29.3 Å². The van der Waals surface area contributed by atoms with Crippen LogP contribution >= 0.6 is 23.2 Å². The number of halogens is 5. The maximum Gasteiger partial charge on any atom is 0.505 e. The van der Waals surface area contributed by atoms with E-state index in [1.807, 2.05) is 0 Å². The minimum atomic E-state index is -4.95.